The predicted molar refractivity (Wildman–Crippen MR) is 81.9 cm³/mol. The van der Waals surface area contributed by atoms with E-state index in [1.54, 1.807) is 19.1 Å². The number of non-ortho nitro benzene ring substituents is 1. The van der Waals surface area contributed by atoms with Crippen molar-refractivity contribution in [1.82, 2.24) is 10.6 Å². The SMILES string of the molecule is CCC(CC)NC(=O)C(C)NCc1cccc([N+](=O)[O-])c1. The molecule has 21 heavy (non-hydrogen) atoms. The molecular weight excluding hydrogens is 270 g/mol. The van der Waals surface area contributed by atoms with Crippen molar-refractivity contribution in [2.24, 2.45) is 0 Å². The second kappa shape index (κ2) is 8.36. The number of nitrogens with zero attached hydrogens (tertiary/aromatic N) is 1. The van der Waals surface area contributed by atoms with Crippen LogP contribution in [-0.2, 0) is 11.3 Å². The summed E-state index contributed by atoms with van der Waals surface area (Å²) >= 11 is 0. The maximum Gasteiger partial charge on any atom is 0.269 e. The lowest BCUT2D eigenvalue weighted by Gasteiger charge is -2.19. The molecule has 0 bridgehead atoms. The van der Waals surface area contributed by atoms with Crippen molar-refractivity contribution in [1.29, 1.82) is 0 Å². The first-order valence-electron chi connectivity index (χ1n) is 7.25. The Kier molecular flexibility index (Phi) is 6.81. The van der Waals surface area contributed by atoms with Crippen LogP contribution in [0.2, 0.25) is 0 Å². The Morgan fingerprint density at radius 3 is 2.57 bits per heavy atom. The largest absolute Gasteiger partial charge is 0.352 e. The number of hydrogen-bond acceptors (Lipinski definition) is 4. The highest BCUT2D eigenvalue weighted by atomic mass is 16.6. The van der Waals surface area contributed by atoms with Gasteiger partial charge >= 0.3 is 0 Å². The predicted octanol–water partition coefficient (Wildman–Crippen LogP) is 2.38. The highest BCUT2D eigenvalue weighted by Gasteiger charge is 2.15. The van der Waals surface area contributed by atoms with Crippen LogP contribution in [0.5, 0.6) is 0 Å². The molecule has 1 amide bonds. The Balaban J connectivity index is 2.52. The summed E-state index contributed by atoms with van der Waals surface area (Å²) in [6.07, 6.45) is 1.81. The van der Waals surface area contributed by atoms with E-state index in [-0.39, 0.29) is 23.7 Å². The molecule has 0 spiro atoms. The van der Waals surface area contributed by atoms with Crippen LogP contribution in [0.4, 0.5) is 5.69 Å². The Hall–Kier alpha value is -1.95. The van der Waals surface area contributed by atoms with E-state index in [1.807, 2.05) is 13.8 Å². The molecule has 1 rings (SSSR count). The fourth-order valence-electron chi connectivity index (χ4n) is 1.96. The molecular formula is C15H23N3O3. The van der Waals surface area contributed by atoms with Crippen LogP contribution in [0.25, 0.3) is 0 Å². The summed E-state index contributed by atoms with van der Waals surface area (Å²) in [5, 5.41) is 16.8. The van der Waals surface area contributed by atoms with Crippen molar-refractivity contribution >= 4 is 11.6 Å². The molecule has 0 aliphatic carbocycles. The number of benzene rings is 1. The summed E-state index contributed by atoms with van der Waals surface area (Å²) in [4.78, 5) is 22.3. The van der Waals surface area contributed by atoms with Crippen LogP contribution in [0.3, 0.4) is 0 Å². The molecule has 0 aliphatic rings. The monoisotopic (exact) mass is 293 g/mol. The fourth-order valence-corrected chi connectivity index (χ4v) is 1.96. The zero-order valence-corrected chi connectivity index (χ0v) is 12.8. The zero-order valence-electron chi connectivity index (χ0n) is 12.8. The fraction of sp³-hybridized carbons (Fsp3) is 0.533. The summed E-state index contributed by atoms with van der Waals surface area (Å²) < 4.78 is 0. The Labute approximate surface area is 125 Å². The lowest BCUT2D eigenvalue weighted by Crippen LogP contribution is -2.45. The van der Waals surface area contributed by atoms with Crippen LogP contribution in [-0.4, -0.2) is 22.9 Å². The molecule has 1 atom stereocenters. The molecule has 2 N–H and O–H groups in total. The Morgan fingerprint density at radius 1 is 1.33 bits per heavy atom. The molecule has 0 saturated carbocycles. The minimum absolute atomic E-state index is 0.0471. The highest BCUT2D eigenvalue weighted by molar-refractivity contribution is 5.81. The van der Waals surface area contributed by atoms with Crippen LogP contribution >= 0.6 is 0 Å². The number of nitro groups is 1. The number of amides is 1. The molecule has 0 aliphatic heterocycles. The summed E-state index contributed by atoms with van der Waals surface area (Å²) in [7, 11) is 0. The van der Waals surface area contributed by atoms with Crippen molar-refractivity contribution in [3.05, 3.63) is 39.9 Å². The number of hydrogen-bond donors (Lipinski definition) is 2. The van der Waals surface area contributed by atoms with Crippen LogP contribution in [0.15, 0.2) is 24.3 Å². The Bertz CT molecular complexity index is 487. The quantitative estimate of drug-likeness (QED) is 0.569. The number of carbonyl (C=O) groups is 1. The normalized spacial score (nSPS) is 12.2. The lowest BCUT2D eigenvalue weighted by atomic mass is 10.1. The van der Waals surface area contributed by atoms with Gasteiger partial charge in [-0.1, -0.05) is 26.0 Å². The van der Waals surface area contributed by atoms with Crippen molar-refractivity contribution < 1.29 is 9.72 Å². The van der Waals surface area contributed by atoms with Gasteiger partial charge in [-0.15, -0.1) is 0 Å². The van der Waals surface area contributed by atoms with Gasteiger partial charge in [0.05, 0.1) is 11.0 Å². The number of nitrogens with one attached hydrogen (secondary N) is 2. The van der Waals surface area contributed by atoms with E-state index in [2.05, 4.69) is 10.6 Å². The first-order chi connectivity index (χ1) is 9.97. The molecule has 1 aromatic carbocycles. The molecule has 116 valence electrons. The molecule has 0 heterocycles. The summed E-state index contributed by atoms with van der Waals surface area (Å²) in [5.41, 5.74) is 0.842. The summed E-state index contributed by atoms with van der Waals surface area (Å²) in [6, 6.07) is 6.25. The van der Waals surface area contributed by atoms with Gasteiger partial charge in [0, 0.05) is 24.7 Å². The van der Waals surface area contributed by atoms with Gasteiger partial charge in [0.1, 0.15) is 0 Å². The molecule has 1 aromatic rings. The summed E-state index contributed by atoms with van der Waals surface area (Å²) in [6.45, 7) is 6.28. The van der Waals surface area contributed by atoms with Gasteiger partial charge in [-0.2, -0.15) is 0 Å². The Morgan fingerprint density at radius 2 is 2.00 bits per heavy atom. The first-order valence-corrected chi connectivity index (χ1v) is 7.25. The minimum atomic E-state index is -0.424. The molecule has 0 radical (unpaired) electrons. The third-order valence-corrected chi connectivity index (χ3v) is 3.46. The van der Waals surface area contributed by atoms with Crippen LogP contribution in [0.1, 0.15) is 39.2 Å². The van der Waals surface area contributed by atoms with E-state index in [1.165, 1.54) is 12.1 Å². The number of rotatable bonds is 8. The first kappa shape index (κ1) is 17.1. The maximum atomic E-state index is 12.0. The van der Waals surface area contributed by atoms with Gasteiger partial charge < -0.3 is 10.6 Å². The second-order valence-electron chi connectivity index (χ2n) is 5.05. The van der Waals surface area contributed by atoms with Crippen molar-refractivity contribution in [2.45, 2.75) is 52.2 Å². The third-order valence-electron chi connectivity index (χ3n) is 3.46. The molecule has 0 saturated heterocycles. The van der Waals surface area contributed by atoms with Gasteiger partial charge in [0.25, 0.3) is 5.69 Å². The van der Waals surface area contributed by atoms with Gasteiger partial charge in [-0.05, 0) is 25.3 Å². The molecule has 1 unspecified atom stereocenters. The number of nitro benzene ring substituents is 1. The van der Waals surface area contributed by atoms with Gasteiger partial charge in [0.15, 0.2) is 0 Å². The second-order valence-corrected chi connectivity index (χ2v) is 5.05. The average molecular weight is 293 g/mol. The third kappa shape index (κ3) is 5.51. The smallest absolute Gasteiger partial charge is 0.269 e. The van der Waals surface area contributed by atoms with E-state index >= 15 is 0 Å². The minimum Gasteiger partial charge on any atom is -0.352 e. The average Bonchev–Trinajstić information content (AvgIpc) is 2.50. The standard InChI is InChI=1S/C15H23N3O3/c1-4-13(5-2)17-15(19)11(3)16-10-12-7-6-8-14(9-12)18(20)21/h6-9,11,13,16H,4-5,10H2,1-3H3,(H,17,19). The zero-order chi connectivity index (χ0) is 15.8. The van der Waals surface area contributed by atoms with Gasteiger partial charge in [-0.3, -0.25) is 14.9 Å². The lowest BCUT2D eigenvalue weighted by molar-refractivity contribution is -0.384. The van der Waals surface area contributed by atoms with Crippen LogP contribution in [0, 0.1) is 10.1 Å². The van der Waals surface area contributed by atoms with Crippen molar-refractivity contribution in [2.75, 3.05) is 0 Å². The van der Waals surface area contributed by atoms with Crippen molar-refractivity contribution in [3.63, 3.8) is 0 Å². The highest BCUT2D eigenvalue weighted by Crippen LogP contribution is 2.12. The molecule has 0 aromatic heterocycles. The number of carbonyl (C=O) groups excluding carboxylic acids is 1. The van der Waals surface area contributed by atoms with E-state index in [0.29, 0.717) is 6.54 Å². The van der Waals surface area contributed by atoms with Gasteiger partial charge in [-0.25, -0.2) is 0 Å². The maximum absolute atomic E-state index is 12.0. The van der Waals surface area contributed by atoms with E-state index < -0.39 is 4.92 Å². The summed E-state index contributed by atoms with van der Waals surface area (Å²) in [5.74, 6) is -0.0471. The van der Waals surface area contributed by atoms with E-state index in [0.717, 1.165) is 18.4 Å². The molecule has 6 nitrogen and oxygen atoms in total. The molecule has 6 heteroatoms. The van der Waals surface area contributed by atoms with Crippen molar-refractivity contribution in [3.8, 4) is 0 Å². The topological polar surface area (TPSA) is 84.3 Å². The van der Waals surface area contributed by atoms with Crippen LogP contribution < -0.4 is 10.6 Å². The van der Waals surface area contributed by atoms with E-state index in [4.69, 9.17) is 0 Å². The molecule has 0 fully saturated rings. The van der Waals surface area contributed by atoms with Gasteiger partial charge in [0.2, 0.25) is 5.91 Å². The van der Waals surface area contributed by atoms with E-state index in [9.17, 15) is 14.9 Å².